The highest BCUT2D eigenvalue weighted by Gasteiger charge is 2.17. The number of ether oxygens (including phenoxy) is 1. The molecule has 0 atom stereocenters. The van der Waals surface area contributed by atoms with Gasteiger partial charge in [0.25, 0.3) is 11.8 Å². The fraction of sp³-hybridized carbons (Fsp3) is 0.385. The second-order valence-corrected chi connectivity index (χ2v) is 4.16. The van der Waals surface area contributed by atoms with Crippen LogP contribution in [-0.2, 0) is 4.79 Å². The van der Waals surface area contributed by atoms with Crippen LogP contribution in [0.25, 0.3) is 0 Å². The fourth-order valence-corrected chi connectivity index (χ4v) is 1.71. The fourth-order valence-electron chi connectivity index (χ4n) is 1.71. The van der Waals surface area contributed by atoms with E-state index < -0.39 is 0 Å². The van der Waals surface area contributed by atoms with Crippen molar-refractivity contribution in [3.63, 3.8) is 0 Å². The van der Waals surface area contributed by atoms with Gasteiger partial charge in [0, 0.05) is 12.1 Å². The highest BCUT2D eigenvalue weighted by molar-refractivity contribution is 5.99. The van der Waals surface area contributed by atoms with E-state index in [0.29, 0.717) is 23.5 Å². The monoisotopic (exact) mass is 248 g/mol. The molecule has 0 saturated heterocycles. The number of rotatable bonds is 4. The summed E-state index contributed by atoms with van der Waals surface area (Å²) in [4.78, 5) is 23.0. The topological polar surface area (TPSA) is 67.4 Å². The first-order valence-electron chi connectivity index (χ1n) is 6.05. The summed E-state index contributed by atoms with van der Waals surface area (Å²) in [5.41, 5.74) is 1.07. The van der Waals surface area contributed by atoms with Crippen LogP contribution in [0.2, 0.25) is 0 Å². The van der Waals surface area contributed by atoms with Crippen molar-refractivity contribution in [2.75, 3.05) is 18.5 Å². The van der Waals surface area contributed by atoms with Crippen LogP contribution in [0.4, 0.5) is 5.69 Å². The molecule has 1 heterocycles. The molecule has 5 nitrogen and oxygen atoms in total. The van der Waals surface area contributed by atoms with Gasteiger partial charge >= 0.3 is 0 Å². The molecule has 18 heavy (non-hydrogen) atoms. The molecule has 2 amide bonds. The summed E-state index contributed by atoms with van der Waals surface area (Å²) >= 11 is 0. The molecule has 0 aliphatic carbocycles. The van der Waals surface area contributed by atoms with Gasteiger partial charge in [0.2, 0.25) is 0 Å². The van der Waals surface area contributed by atoms with Crippen LogP contribution in [0.5, 0.6) is 5.75 Å². The molecule has 5 heteroatoms. The third-order valence-corrected chi connectivity index (χ3v) is 2.69. The molecular weight excluding hydrogens is 232 g/mol. The van der Waals surface area contributed by atoms with Crippen LogP contribution in [0.15, 0.2) is 18.2 Å². The van der Waals surface area contributed by atoms with Gasteiger partial charge in [-0.05, 0) is 24.6 Å². The number of amides is 2. The maximum absolute atomic E-state index is 11.8. The number of hydrogen-bond donors (Lipinski definition) is 2. The quantitative estimate of drug-likeness (QED) is 0.794. The number of fused-ring (bicyclic) bond motifs is 1. The number of anilines is 1. The van der Waals surface area contributed by atoms with E-state index in [2.05, 4.69) is 17.6 Å². The van der Waals surface area contributed by atoms with Crippen molar-refractivity contribution in [1.29, 1.82) is 0 Å². The molecule has 0 radical (unpaired) electrons. The van der Waals surface area contributed by atoms with Crippen LogP contribution in [0, 0.1) is 0 Å². The average Bonchev–Trinajstić information content (AvgIpc) is 2.38. The Bertz CT molecular complexity index is 471. The number of carbonyl (C=O) groups is 2. The Hall–Kier alpha value is -2.04. The molecule has 0 aromatic heterocycles. The van der Waals surface area contributed by atoms with Crippen molar-refractivity contribution >= 4 is 17.5 Å². The molecule has 2 N–H and O–H groups in total. The lowest BCUT2D eigenvalue weighted by Gasteiger charge is -2.18. The summed E-state index contributed by atoms with van der Waals surface area (Å²) in [6.45, 7) is 2.75. The average molecular weight is 248 g/mol. The van der Waals surface area contributed by atoms with Gasteiger partial charge < -0.3 is 15.4 Å². The standard InChI is InChI=1S/C13H16N2O3/c1-2-3-6-14-13(17)9-4-5-11-10(7-9)15-12(16)8-18-11/h4-5,7H,2-3,6,8H2,1H3,(H,14,17)(H,15,16). The Balaban J connectivity index is 2.08. The van der Waals surface area contributed by atoms with Crippen molar-refractivity contribution in [1.82, 2.24) is 5.32 Å². The Morgan fingerprint density at radius 3 is 3.11 bits per heavy atom. The molecule has 0 unspecified atom stereocenters. The number of unbranched alkanes of at least 4 members (excludes halogenated alkanes) is 1. The minimum Gasteiger partial charge on any atom is -0.482 e. The molecule has 1 aromatic carbocycles. The summed E-state index contributed by atoms with van der Waals surface area (Å²) in [6, 6.07) is 5.02. The van der Waals surface area contributed by atoms with Gasteiger partial charge in [-0.1, -0.05) is 13.3 Å². The maximum Gasteiger partial charge on any atom is 0.262 e. The minimum absolute atomic E-state index is 0.0229. The van der Waals surface area contributed by atoms with Crippen molar-refractivity contribution in [2.45, 2.75) is 19.8 Å². The predicted molar refractivity (Wildman–Crippen MR) is 67.8 cm³/mol. The van der Waals surface area contributed by atoms with Crippen molar-refractivity contribution in [2.24, 2.45) is 0 Å². The Kier molecular flexibility index (Phi) is 3.82. The minimum atomic E-state index is -0.203. The van der Waals surface area contributed by atoms with E-state index in [1.54, 1.807) is 18.2 Å². The normalized spacial score (nSPS) is 13.3. The van der Waals surface area contributed by atoms with Gasteiger partial charge in [-0.15, -0.1) is 0 Å². The van der Waals surface area contributed by atoms with Crippen LogP contribution >= 0.6 is 0 Å². The first-order chi connectivity index (χ1) is 8.70. The van der Waals surface area contributed by atoms with Gasteiger partial charge in [0.05, 0.1) is 5.69 Å². The molecule has 0 spiro atoms. The van der Waals surface area contributed by atoms with Gasteiger partial charge in [-0.3, -0.25) is 9.59 Å². The largest absolute Gasteiger partial charge is 0.482 e. The lowest BCUT2D eigenvalue weighted by molar-refractivity contribution is -0.118. The molecular formula is C13H16N2O3. The molecule has 0 saturated carbocycles. The van der Waals surface area contributed by atoms with E-state index in [1.807, 2.05) is 0 Å². The SMILES string of the molecule is CCCCNC(=O)c1ccc2c(c1)NC(=O)CO2. The van der Waals surface area contributed by atoms with Crippen molar-refractivity contribution < 1.29 is 14.3 Å². The molecule has 1 aliphatic rings. The summed E-state index contributed by atoms with van der Waals surface area (Å²) in [5, 5.41) is 5.50. The first kappa shape index (κ1) is 12.4. The second-order valence-electron chi connectivity index (χ2n) is 4.16. The Morgan fingerprint density at radius 2 is 2.33 bits per heavy atom. The highest BCUT2D eigenvalue weighted by Crippen LogP contribution is 2.28. The van der Waals surface area contributed by atoms with Crippen LogP contribution in [0.3, 0.4) is 0 Å². The van der Waals surface area contributed by atoms with E-state index in [9.17, 15) is 9.59 Å². The number of nitrogens with one attached hydrogen (secondary N) is 2. The second kappa shape index (κ2) is 5.53. The zero-order valence-corrected chi connectivity index (χ0v) is 10.3. The lowest BCUT2D eigenvalue weighted by atomic mass is 10.1. The third-order valence-electron chi connectivity index (χ3n) is 2.69. The van der Waals surface area contributed by atoms with E-state index in [1.165, 1.54) is 0 Å². The van der Waals surface area contributed by atoms with E-state index in [4.69, 9.17) is 4.74 Å². The zero-order valence-electron chi connectivity index (χ0n) is 10.3. The summed E-state index contributed by atoms with van der Waals surface area (Å²) < 4.78 is 5.23. The molecule has 0 bridgehead atoms. The Morgan fingerprint density at radius 1 is 1.50 bits per heavy atom. The van der Waals surface area contributed by atoms with Gasteiger partial charge in [-0.2, -0.15) is 0 Å². The molecule has 96 valence electrons. The highest BCUT2D eigenvalue weighted by atomic mass is 16.5. The zero-order chi connectivity index (χ0) is 13.0. The third kappa shape index (κ3) is 2.80. The van der Waals surface area contributed by atoms with E-state index in [-0.39, 0.29) is 18.4 Å². The van der Waals surface area contributed by atoms with E-state index >= 15 is 0 Å². The molecule has 2 rings (SSSR count). The van der Waals surface area contributed by atoms with Crippen molar-refractivity contribution in [3.8, 4) is 5.75 Å². The van der Waals surface area contributed by atoms with Gasteiger partial charge in [-0.25, -0.2) is 0 Å². The lowest BCUT2D eigenvalue weighted by Crippen LogP contribution is -2.27. The summed E-state index contributed by atoms with van der Waals surface area (Å²) in [6.07, 6.45) is 1.99. The number of carbonyl (C=O) groups excluding carboxylic acids is 2. The van der Waals surface area contributed by atoms with Crippen molar-refractivity contribution in [3.05, 3.63) is 23.8 Å². The summed E-state index contributed by atoms with van der Waals surface area (Å²) in [7, 11) is 0. The van der Waals surface area contributed by atoms with Crippen LogP contribution in [-0.4, -0.2) is 25.0 Å². The van der Waals surface area contributed by atoms with Crippen LogP contribution in [0.1, 0.15) is 30.1 Å². The summed E-state index contributed by atoms with van der Waals surface area (Å²) in [5.74, 6) is 0.261. The van der Waals surface area contributed by atoms with Crippen LogP contribution < -0.4 is 15.4 Å². The molecule has 0 fully saturated rings. The van der Waals surface area contributed by atoms with Gasteiger partial charge in [0.1, 0.15) is 5.75 Å². The smallest absolute Gasteiger partial charge is 0.262 e. The maximum atomic E-state index is 11.8. The first-order valence-corrected chi connectivity index (χ1v) is 6.05. The van der Waals surface area contributed by atoms with Gasteiger partial charge in [0.15, 0.2) is 6.61 Å². The molecule has 1 aromatic rings. The molecule has 1 aliphatic heterocycles. The number of hydrogen-bond acceptors (Lipinski definition) is 3. The number of benzene rings is 1. The predicted octanol–water partition coefficient (Wildman–Crippen LogP) is 1.55. The van der Waals surface area contributed by atoms with E-state index in [0.717, 1.165) is 12.8 Å². The Labute approximate surface area is 106 Å².